The number of aliphatic hydroxyl groups is 1. The van der Waals surface area contributed by atoms with Crippen molar-refractivity contribution in [3.63, 3.8) is 0 Å². The zero-order valence-corrected chi connectivity index (χ0v) is 9.04. The number of ether oxygens (including phenoxy) is 2. The van der Waals surface area contributed by atoms with Crippen molar-refractivity contribution in [2.45, 2.75) is 6.10 Å². The molecule has 1 aromatic rings. The molecular weight excluding hydrogens is 214 g/mol. The van der Waals surface area contributed by atoms with E-state index in [0.717, 1.165) is 0 Å². The molecule has 1 atom stereocenters. The van der Waals surface area contributed by atoms with E-state index in [9.17, 15) is 15.2 Å². The van der Waals surface area contributed by atoms with Gasteiger partial charge in [-0.05, 0) is 17.7 Å². The fourth-order valence-corrected chi connectivity index (χ4v) is 1.31. The Morgan fingerprint density at radius 2 is 2.00 bits per heavy atom. The molecule has 0 aliphatic heterocycles. The summed E-state index contributed by atoms with van der Waals surface area (Å²) in [5.74, 6) is 0.946. The Bertz CT molecular complexity index is 379. The predicted molar refractivity (Wildman–Crippen MR) is 56.4 cm³/mol. The molecule has 0 heterocycles. The molecule has 6 nitrogen and oxygen atoms in total. The molecular formula is C10H13NO5. The van der Waals surface area contributed by atoms with Crippen molar-refractivity contribution in [3.05, 3.63) is 33.9 Å². The second kappa shape index (κ2) is 5.32. The SMILES string of the molecule is COc1ccc(C(O)C[N+](=O)[O-])cc1OC. The van der Waals surface area contributed by atoms with E-state index in [2.05, 4.69) is 0 Å². The van der Waals surface area contributed by atoms with Crippen LogP contribution in [0.3, 0.4) is 0 Å². The summed E-state index contributed by atoms with van der Waals surface area (Å²) in [6.07, 6.45) is -1.14. The third-order valence-corrected chi connectivity index (χ3v) is 2.11. The van der Waals surface area contributed by atoms with E-state index in [4.69, 9.17) is 9.47 Å². The van der Waals surface area contributed by atoms with Crippen molar-refractivity contribution < 1.29 is 19.5 Å². The number of rotatable bonds is 5. The molecule has 16 heavy (non-hydrogen) atoms. The Hall–Kier alpha value is -1.82. The molecule has 0 aromatic heterocycles. The van der Waals surface area contributed by atoms with E-state index in [1.807, 2.05) is 0 Å². The van der Waals surface area contributed by atoms with Crippen molar-refractivity contribution in [2.75, 3.05) is 20.8 Å². The summed E-state index contributed by atoms with van der Waals surface area (Å²) in [5, 5.41) is 19.8. The third-order valence-electron chi connectivity index (χ3n) is 2.11. The first-order valence-electron chi connectivity index (χ1n) is 4.60. The van der Waals surface area contributed by atoms with Gasteiger partial charge in [0.1, 0.15) is 6.10 Å². The molecule has 1 N–H and O–H groups in total. The number of methoxy groups -OCH3 is 2. The van der Waals surface area contributed by atoms with Crippen molar-refractivity contribution in [1.29, 1.82) is 0 Å². The summed E-state index contributed by atoms with van der Waals surface area (Å²) in [6, 6.07) is 4.68. The Labute approximate surface area is 92.6 Å². The van der Waals surface area contributed by atoms with E-state index in [-0.39, 0.29) is 0 Å². The molecule has 0 aliphatic carbocycles. The summed E-state index contributed by atoms with van der Waals surface area (Å²) < 4.78 is 10.0. The van der Waals surface area contributed by atoms with Crippen LogP contribution in [0.1, 0.15) is 11.7 Å². The Balaban J connectivity index is 2.93. The molecule has 6 heteroatoms. The maximum Gasteiger partial charge on any atom is 0.233 e. The van der Waals surface area contributed by atoms with Gasteiger partial charge >= 0.3 is 0 Å². The molecule has 0 amide bonds. The van der Waals surface area contributed by atoms with Gasteiger partial charge in [0.05, 0.1) is 14.2 Å². The van der Waals surface area contributed by atoms with Crippen LogP contribution in [-0.4, -0.2) is 30.8 Å². The molecule has 0 saturated carbocycles. The lowest BCUT2D eigenvalue weighted by Crippen LogP contribution is -2.11. The van der Waals surface area contributed by atoms with E-state index in [0.29, 0.717) is 17.1 Å². The van der Waals surface area contributed by atoms with Crippen molar-refractivity contribution in [3.8, 4) is 11.5 Å². The van der Waals surface area contributed by atoms with Crippen molar-refractivity contribution in [1.82, 2.24) is 0 Å². The third kappa shape index (κ3) is 2.83. The highest BCUT2D eigenvalue weighted by Crippen LogP contribution is 2.29. The first-order chi connectivity index (χ1) is 7.58. The van der Waals surface area contributed by atoms with Crippen molar-refractivity contribution in [2.24, 2.45) is 0 Å². The minimum absolute atomic E-state index is 0.425. The van der Waals surface area contributed by atoms with Crippen LogP contribution in [-0.2, 0) is 0 Å². The standard InChI is InChI=1S/C10H13NO5/c1-15-9-4-3-7(5-10(9)16-2)8(12)6-11(13)14/h3-5,8,12H,6H2,1-2H3. The lowest BCUT2D eigenvalue weighted by Gasteiger charge is -2.11. The van der Waals surface area contributed by atoms with Crippen LogP contribution >= 0.6 is 0 Å². The number of hydrogen-bond acceptors (Lipinski definition) is 5. The van der Waals surface area contributed by atoms with Gasteiger partial charge in [0.25, 0.3) is 0 Å². The van der Waals surface area contributed by atoms with Crippen LogP contribution in [0.15, 0.2) is 18.2 Å². The van der Waals surface area contributed by atoms with Crippen LogP contribution < -0.4 is 9.47 Å². The molecule has 0 saturated heterocycles. The molecule has 0 spiro atoms. The quantitative estimate of drug-likeness (QED) is 0.599. The van der Waals surface area contributed by atoms with E-state index in [1.165, 1.54) is 20.3 Å². The first-order valence-corrected chi connectivity index (χ1v) is 4.60. The maximum absolute atomic E-state index is 10.3. The largest absolute Gasteiger partial charge is 0.493 e. The summed E-state index contributed by atoms with van der Waals surface area (Å²) in [5.41, 5.74) is 0.425. The minimum atomic E-state index is -1.14. The second-order valence-corrected chi connectivity index (χ2v) is 3.15. The summed E-state index contributed by atoms with van der Waals surface area (Å²) in [4.78, 5) is 9.68. The van der Waals surface area contributed by atoms with Crippen molar-refractivity contribution >= 4 is 0 Å². The molecule has 0 fully saturated rings. The zero-order valence-electron chi connectivity index (χ0n) is 9.04. The van der Waals surface area contributed by atoms with E-state index in [1.54, 1.807) is 12.1 Å². The fraction of sp³-hybridized carbons (Fsp3) is 0.400. The molecule has 0 aliphatic rings. The molecule has 1 rings (SSSR count). The Morgan fingerprint density at radius 3 is 2.50 bits per heavy atom. The smallest absolute Gasteiger partial charge is 0.233 e. The second-order valence-electron chi connectivity index (χ2n) is 3.15. The van der Waals surface area contributed by atoms with Gasteiger partial charge in [0.15, 0.2) is 11.5 Å². The molecule has 0 bridgehead atoms. The summed E-state index contributed by atoms with van der Waals surface area (Å²) >= 11 is 0. The zero-order chi connectivity index (χ0) is 12.1. The average molecular weight is 227 g/mol. The molecule has 1 unspecified atom stereocenters. The van der Waals surface area contributed by atoms with Crippen LogP contribution in [0.5, 0.6) is 11.5 Å². The number of aliphatic hydroxyl groups excluding tert-OH is 1. The predicted octanol–water partition coefficient (Wildman–Crippen LogP) is 1.01. The van der Waals surface area contributed by atoms with Gasteiger partial charge in [-0.25, -0.2) is 0 Å². The van der Waals surface area contributed by atoms with E-state index < -0.39 is 17.6 Å². The normalized spacial score (nSPS) is 11.9. The molecule has 1 aromatic carbocycles. The number of benzene rings is 1. The molecule has 0 radical (unpaired) electrons. The lowest BCUT2D eigenvalue weighted by atomic mass is 10.1. The Kier molecular flexibility index (Phi) is 4.07. The van der Waals surface area contributed by atoms with Gasteiger partial charge < -0.3 is 14.6 Å². The van der Waals surface area contributed by atoms with Crippen LogP contribution in [0.4, 0.5) is 0 Å². The van der Waals surface area contributed by atoms with Crippen LogP contribution in [0.25, 0.3) is 0 Å². The van der Waals surface area contributed by atoms with Gasteiger partial charge in [0, 0.05) is 4.92 Å². The van der Waals surface area contributed by atoms with Crippen LogP contribution in [0.2, 0.25) is 0 Å². The maximum atomic E-state index is 10.3. The minimum Gasteiger partial charge on any atom is -0.493 e. The average Bonchev–Trinajstić information content (AvgIpc) is 2.27. The summed E-state index contributed by atoms with van der Waals surface area (Å²) in [7, 11) is 2.95. The highest BCUT2D eigenvalue weighted by atomic mass is 16.6. The highest BCUT2D eigenvalue weighted by molar-refractivity contribution is 5.43. The van der Waals surface area contributed by atoms with Gasteiger partial charge in [-0.3, -0.25) is 10.1 Å². The number of nitrogens with zero attached hydrogens (tertiary/aromatic N) is 1. The fourth-order valence-electron chi connectivity index (χ4n) is 1.31. The number of nitro groups is 1. The number of hydrogen-bond donors (Lipinski definition) is 1. The van der Waals surface area contributed by atoms with Gasteiger partial charge in [-0.15, -0.1) is 0 Å². The topological polar surface area (TPSA) is 81.8 Å². The van der Waals surface area contributed by atoms with Gasteiger partial charge in [-0.1, -0.05) is 6.07 Å². The van der Waals surface area contributed by atoms with E-state index >= 15 is 0 Å². The lowest BCUT2D eigenvalue weighted by molar-refractivity contribution is -0.491. The summed E-state index contributed by atoms with van der Waals surface area (Å²) in [6.45, 7) is -0.532. The highest BCUT2D eigenvalue weighted by Gasteiger charge is 2.16. The van der Waals surface area contributed by atoms with Gasteiger partial charge in [-0.2, -0.15) is 0 Å². The first kappa shape index (κ1) is 12.3. The van der Waals surface area contributed by atoms with Crippen LogP contribution in [0, 0.1) is 10.1 Å². The van der Waals surface area contributed by atoms with Gasteiger partial charge in [0.2, 0.25) is 6.54 Å². The Morgan fingerprint density at radius 1 is 1.38 bits per heavy atom. The monoisotopic (exact) mass is 227 g/mol. The molecule has 88 valence electrons.